The van der Waals surface area contributed by atoms with Crippen LogP contribution >= 0.6 is 0 Å². The molecule has 7 rings (SSSR count). The minimum absolute atomic E-state index is 0.0830. The summed E-state index contributed by atoms with van der Waals surface area (Å²) in [6.07, 6.45) is 4.98. The van der Waals surface area contributed by atoms with E-state index in [0.717, 1.165) is 0 Å². The van der Waals surface area contributed by atoms with Gasteiger partial charge in [0, 0.05) is 0 Å². The van der Waals surface area contributed by atoms with E-state index in [1.807, 2.05) is 0 Å². The first-order valence-electron chi connectivity index (χ1n) is 16.0. The van der Waals surface area contributed by atoms with E-state index < -0.39 is 21.3 Å². The molecule has 218 valence electrons. The van der Waals surface area contributed by atoms with Gasteiger partial charge in [0.25, 0.3) is 0 Å². The first-order valence-corrected chi connectivity index (χ1v) is 20.1. The van der Waals surface area contributed by atoms with E-state index in [1.165, 1.54) is 44.5 Å². The van der Waals surface area contributed by atoms with Gasteiger partial charge in [0.2, 0.25) is 0 Å². The van der Waals surface area contributed by atoms with Crippen molar-refractivity contribution >= 4 is 9.28 Å². The first kappa shape index (κ1) is 29.3. The molecular formula is C43H42Zr. The fourth-order valence-corrected chi connectivity index (χ4v) is 17.1. The van der Waals surface area contributed by atoms with Crippen molar-refractivity contribution in [3.63, 3.8) is 0 Å². The summed E-state index contributed by atoms with van der Waals surface area (Å²) >= 11 is -2.82. The van der Waals surface area contributed by atoms with Gasteiger partial charge in [0.05, 0.1) is 0 Å². The number of hydrogen-bond acceptors (Lipinski definition) is 0. The van der Waals surface area contributed by atoms with E-state index in [2.05, 4.69) is 175 Å². The molecule has 0 radical (unpaired) electrons. The molecule has 0 saturated heterocycles. The van der Waals surface area contributed by atoms with Crippen LogP contribution in [0.25, 0.3) is 17.2 Å². The van der Waals surface area contributed by atoms with Crippen LogP contribution in [0.1, 0.15) is 93.3 Å². The molecule has 0 saturated carbocycles. The van der Waals surface area contributed by atoms with Gasteiger partial charge >= 0.3 is 273 Å². The van der Waals surface area contributed by atoms with Crippen molar-refractivity contribution in [2.45, 2.75) is 59.6 Å². The van der Waals surface area contributed by atoms with Crippen molar-refractivity contribution in [1.82, 2.24) is 0 Å². The van der Waals surface area contributed by atoms with Crippen LogP contribution in [0.15, 0.2) is 127 Å². The van der Waals surface area contributed by atoms with Gasteiger partial charge in [-0.15, -0.1) is 0 Å². The third kappa shape index (κ3) is 5.18. The molecule has 0 spiro atoms. The molecule has 0 fully saturated rings. The fraction of sp³-hybridized carbons (Fsp3) is 0.233. The summed E-state index contributed by atoms with van der Waals surface area (Å²) in [4.78, 5) is 0. The molecule has 0 nitrogen and oxygen atoms in total. The molecule has 0 aliphatic heterocycles. The van der Waals surface area contributed by atoms with Crippen LogP contribution in [0.5, 0.6) is 0 Å². The second kappa shape index (κ2) is 11.2. The summed E-state index contributed by atoms with van der Waals surface area (Å²) in [6.45, 7) is 14.1. The van der Waals surface area contributed by atoms with Gasteiger partial charge in [0.15, 0.2) is 0 Å². The third-order valence-electron chi connectivity index (χ3n) is 9.61. The van der Waals surface area contributed by atoms with E-state index in [1.54, 1.807) is 14.3 Å². The molecule has 1 heteroatoms. The molecule has 0 heterocycles. The summed E-state index contributed by atoms with van der Waals surface area (Å²) < 4.78 is 2.44. The van der Waals surface area contributed by atoms with Crippen LogP contribution in [-0.4, -0.2) is 3.21 Å². The number of hydrogen-bond donors (Lipinski definition) is 0. The van der Waals surface area contributed by atoms with Crippen LogP contribution in [-0.2, 0) is 32.1 Å². The quantitative estimate of drug-likeness (QED) is 0.182. The van der Waals surface area contributed by atoms with Crippen molar-refractivity contribution in [1.29, 1.82) is 0 Å². The average Bonchev–Trinajstić information content (AvgIpc) is 3.58. The normalized spacial score (nSPS) is 15.5. The second-order valence-corrected chi connectivity index (χ2v) is 21.0. The SMILES string of the molecule is CC(C)(C)c1ccc2c(c1)[CH]([Zr](=[C](c1ccccc1)c1ccccc1)[CH]1C=Cc3ccccc31)c1cc(C(C)(C)C)ccc1-2. The van der Waals surface area contributed by atoms with Crippen molar-refractivity contribution < 1.29 is 21.3 Å². The standard InChI is InChI=1S/C21H25.C13H10.C9H7.Zr/c1-20(2,3)16-7-9-18-14(12-16)11-15-13-17(21(4,5)6)8-10-19(15)18;1-3-7-12(8-4-1)11-13-9-5-2-6-10-13;1-2-5-9-7-3-6-8(9)4-1;/h7-13H,1-6H3;1-10H;1-7H;. The summed E-state index contributed by atoms with van der Waals surface area (Å²) in [5, 5.41) is 0. The van der Waals surface area contributed by atoms with Gasteiger partial charge < -0.3 is 0 Å². The Labute approximate surface area is 271 Å². The van der Waals surface area contributed by atoms with Crippen molar-refractivity contribution in [2.24, 2.45) is 0 Å². The van der Waals surface area contributed by atoms with Crippen LogP contribution in [0.2, 0.25) is 0 Å². The Morgan fingerprint density at radius 2 is 1.00 bits per heavy atom. The van der Waals surface area contributed by atoms with Crippen molar-refractivity contribution in [3.8, 4) is 11.1 Å². The summed E-state index contributed by atoms with van der Waals surface area (Å²) in [5.74, 6) is 0. The number of allylic oxidation sites excluding steroid dienone is 1. The summed E-state index contributed by atoms with van der Waals surface area (Å²) in [7, 11) is 0. The Balaban J connectivity index is 1.63. The Morgan fingerprint density at radius 3 is 1.50 bits per heavy atom. The van der Waals surface area contributed by atoms with Gasteiger partial charge in [-0.3, -0.25) is 0 Å². The maximum absolute atomic E-state index is 2.82. The zero-order chi connectivity index (χ0) is 30.6. The predicted octanol–water partition coefficient (Wildman–Crippen LogP) is 11.0. The molecule has 0 amide bonds. The van der Waals surface area contributed by atoms with Gasteiger partial charge in [-0.2, -0.15) is 0 Å². The molecule has 5 aromatic carbocycles. The fourth-order valence-electron chi connectivity index (χ4n) is 7.24. The molecule has 0 aromatic heterocycles. The molecule has 44 heavy (non-hydrogen) atoms. The van der Waals surface area contributed by atoms with Gasteiger partial charge in [-0.05, 0) is 0 Å². The average molecular weight is 650 g/mol. The molecule has 0 bridgehead atoms. The van der Waals surface area contributed by atoms with E-state index in [4.69, 9.17) is 0 Å². The first-order chi connectivity index (χ1) is 21.1. The van der Waals surface area contributed by atoms with E-state index in [-0.39, 0.29) is 10.8 Å². The van der Waals surface area contributed by atoms with Gasteiger partial charge in [0.1, 0.15) is 0 Å². The molecule has 1 unspecified atom stereocenters. The number of fused-ring (bicyclic) bond motifs is 4. The van der Waals surface area contributed by atoms with E-state index in [9.17, 15) is 0 Å². The zero-order valence-corrected chi connectivity index (χ0v) is 29.3. The Bertz CT molecular complexity index is 1810. The molecule has 5 aromatic rings. The van der Waals surface area contributed by atoms with Crippen LogP contribution in [0, 0.1) is 0 Å². The molecular weight excluding hydrogens is 608 g/mol. The summed E-state index contributed by atoms with van der Waals surface area (Å²) in [5.41, 5.74) is 14.7. The Morgan fingerprint density at radius 1 is 0.523 bits per heavy atom. The number of benzene rings is 5. The van der Waals surface area contributed by atoms with E-state index in [0.29, 0.717) is 7.25 Å². The predicted molar refractivity (Wildman–Crippen MR) is 185 cm³/mol. The Hall–Kier alpha value is -3.41. The second-order valence-electron chi connectivity index (χ2n) is 14.6. The zero-order valence-electron chi connectivity index (χ0n) is 26.9. The summed E-state index contributed by atoms with van der Waals surface area (Å²) in [6, 6.07) is 46.7. The minimum atomic E-state index is -2.82. The van der Waals surface area contributed by atoms with E-state index >= 15 is 0 Å². The van der Waals surface area contributed by atoms with Crippen LogP contribution in [0.3, 0.4) is 0 Å². The third-order valence-corrected chi connectivity index (χ3v) is 18.4. The molecule has 2 aliphatic carbocycles. The van der Waals surface area contributed by atoms with Crippen molar-refractivity contribution in [3.05, 3.63) is 172 Å². The van der Waals surface area contributed by atoms with Gasteiger partial charge in [-0.25, -0.2) is 0 Å². The Kier molecular flexibility index (Phi) is 7.45. The van der Waals surface area contributed by atoms with Crippen LogP contribution in [0.4, 0.5) is 0 Å². The van der Waals surface area contributed by atoms with Gasteiger partial charge in [-0.1, -0.05) is 0 Å². The molecule has 0 N–H and O–H groups in total. The molecule has 2 aliphatic rings. The monoisotopic (exact) mass is 648 g/mol. The topological polar surface area (TPSA) is 0 Å². The maximum atomic E-state index is 2.59. The number of rotatable bonds is 4. The van der Waals surface area contributed by atoms with Crippen molar-refractivity contribution in [2.75, 3.05) is 0 Å². The van der Waals surface area contributed by atoms with Crippen LogP contribution < -0.4 is 0 Å². The molecule has 1 atom stereocenters.